The first kappa shape index (κ1) is 14.4. The number of rotatable bonds is 4. The minimum Gasteiger partial charge on any atom is -0.497 e. The Hall–Kier alpha value is -1.55. The highest BCUT2D eigenvalue weighted by molar-refractivity contribution is 5.77. The quantitative estimate of drug-likeness (QED) is 0.852. The van der Waals surface area contributed by atoms with E-state index in [2.05, 4.69) is 24.1 Å². The maximum atomic E-state index is 12.3. The van der Waals surface area contributed by atoms with Crippen molar-refractivity contribution in [3.8, 4) is 5.75 Å². The predicted molar refractivity (Wildman–Crippen MR) is 82.3 cm³/mol. The summed E-state index contributed by atoms with van der Waals surface area (Å²) in [7, 11) is 3.82. The van der Waals surface area contributed by atoms with Crippen molar-refractivity contribution >= 4 is 5.91 Å². The molecule has 1 saturated carbocycles. The molecule has 0 unspecified atom stereocenters. The summed E-state index contributed by atoms with van der Waals surface area (Å²) in [5, 5.41) is 0. The summed E-state index contributed by atoms with van der Waals surface area (Å²) >= 11 is 0. The van der Waals surface area contributed by atoms with Crippen LogP contribution in [0, 0.1) is 5.92 Å². The average molecular weight is 288 g/mol. The van der Waals surface area contributed by atoms with Crippen molar-refractivity contribution in [2.75, 3.05) is 33.8 Å². The van der Waals surface area contributed by atoms with Gasteiger partial charge in [0.15, 0.2) is 0 Å². The molecule has 1 aromatic rings. The molecule has 1 aliphatic heterocycles. The van der Waals surface area contributed by atoms with E-state index in [1.165, 1.54) is 18.4 Å². The van der Waals surface area contributed by atoms with Crippen LogP contribution in [0.1, 0.15) is 30.9 Å². The van der Waals surface area contributed by atoms with Crippen molar-refractivity contribution in [2.45, 2.75) is 25.3 Å². The molecule has 2 aliphatic rings. The van der Waals surface area contributed by atoms with E-state index >= 15 is 0 Å². The van der Waals surface area contributed by atoms with Crippen molar-refractivity contribution in [3.63, 3.8) is 0 Å². The monoisotopic (exact) mass is 288 g/mol. The number of piperazine rings is 1. The van der Waals surface area contributed by atoms with Gasteiger partial charge >= 0.3 is 0 Å². The zero-order chi connectivity index (χ0) is 14.8. The van der Waals surface area contributed by atoms with Gasteiger partial charge in [0.2, 0.25) is 5.91 Å². The third-order valence-corrected chi connectivity index (χ3v) is 4.66. The number of carbonyl (C=O) groups excluding carboxylic acids is 1. The molecule has 3 rings (SSSR count). The maximum Gasteiger partial charge on any atom is 0.222 e. The highest BCUT2D eigenvalue weighted by atomic mass is 16.5. The zero-order valence-electron chi connectivity index (χ0n) is 12.9. The van der Waals surface area contributed by atoms with Crippen LogP contribution >= 0.6 is 0 Å². The highest BCUT2D eigenvalue weighted by Gasteiger charge is 2.31. The molecule has 0 spiro atoms. The van der Waals surface area contributed by atoms with Gasteiger partial charge in [0.05, 0.1) is 13.2 Å². The molecule has 1 aliphatic carbocycles. The summed E-state index contributed by atoms with van der Waals surface area (Å²) in [6, 6.07) is 8.49. The zero-order valence-corrected chi connectivity index (χ0v) is 12.9. The molecule has 0 bridgehead atoms. The molecule has 0 aromatic heterocycles. The highest BCUT2D eigenvalue weighted by Crippen LogP contribution is 2.34. The van der Waals surface area contributed by atoms with Gasteiger partial charge in [-0.05, 0) is 43.5 Å². The summed E-state index contributed by atoms with van der Waals surface area (Å²) in [6.07, 6.45) is 3.22. The van der Waals surface area contributed by atoms with Gasteiger partial charge in [-0.1, -0.05) is 12.1 Å². The van der Waals surface area contributed by atoms with Crippen molar-refractivity contribution in [1.29, 1.82) is 0 Å². The van der Waals surface area contributed by atoms with Gasteiger partial charge in [-0.3, -0.25) is 9.69 Å². The van der Waals surface area contributed by atoms with Crippen molar-refractivity contribution in [3.05, 3.63) is 29.8 Å². The van der Waals surface area contributed by atoms with E-state index in [0.717, 1.165) is 31.8 Å². The van der Waals surface area contributed by atoms with Gasteiger partial charge < -0.3 is 9.64 Å². The third-order valence-electron chi connectivity index (χ3n) is 4.66. The van der Waals surface area contributed by atoms with Crippen LogP contribution in [0.25, 0.3) is 0 Å². The van der Waals surface area contributed by atoms with Crippen LogP contribution in [0.4, 0.5) is 0 Å². The lowest BCUT2D eigenvalue weighted by Gasteiger charge is -2.40. The molecular formula is C17H24N2O2. The maximum absolute atomic E-state index is 12.3. The minimum atomic E-state index is 0.285. The van der Waals surface area contributed by atoms with Crippen LogP contribution in [0.2, 0.25) is 0 Å². The first-order valence-electron chi connectivity index (χ1n) is 7.79. The van der Waals surface area contributed by atoms with Crippen LogP contribution in [0.15, 0.2) is 24.3 Å². The molecule has 1 saturated heterocycles. The lowest BCUT2D eigenvalue weighted by atomic mass is 10.0. The summed E-state index contributed by atoms with van der Waals surface area (Å²) in [6.45, 7) is 2.59. The Labute approximate surface area is 126 Å². The first-order chi connectivity index (χ1) is 10.2. The second-order valence-electron chi connectivity index (χ2n) is 6.26. The summed E-state index contributed by atoms with van der Waals surface area (Å²) in [5.74, 6) is 1.87. The molecule has 1 amide bonds. The largest absolute Gasteiger partial charge is 0.497 e. The average Bonchev–Trinajstić information content (AvgIpc) is 3.32. The van der Waals surface area contributed by atoms with Crippen LogP contribution in [-0.2, 0) is 4.79 Å². The number of nitrogens with zero attached hydrogens (tertiary/aromatic N) is 2. The number of hydrogen-bond donors (Lipinski definition) is 0. The Morgan fingerprint density at radius 3 is 2.57 bits per heavy atom. The van der Waals surface area contributed by atoms with Crippen molar-refractivity contribution < 1.29 is 9.53 Å². The summed E-state index contributed by atoms with van der Waals surface area (Å²) in [5.41, 5.74) is 1.25. The molecule has 0 radical (unpaired) electrons. The number of likely N-dealkylation sites (N-methyl/N-ethyl adjacent to an activating group) is 1. The molecule has 114 valence electrons. The van der Waals surface area contributed by atoms with Gasteiger partial charge in [-0.2, -0.15) is 0 Å². The topological polar surface area (TPSA) is 32.8 Å². The smallest absolute Gasteiger partial charge is 0.222 e. The standard InChI is InChI=1S/C17H24N2O2/c1-18-9-10-19(17(20)11-13-3-4-13)12-16(18)14-5-7-15(21-2)8-6-14/h5-8,13,16H,3-4,9-12H2,1-2H3/t16-/m0/s1. The van der Waals surface area contributed by atoms with Gasteiger partial charge in [-0.25, -0.2) is 0 Å². The fourth-order valence-electron chi connectivity index (χ4n) is 2.98. The molecule has 4 nitrogen and oxygen atoms in total. The van der Waals surface area contributed by atoms with E-state index in [9.17, 15) is 4.79 Å². The fraction of sp³-hybridized carbons (Fsp3) is 0.588. The van der Waals surface area contributed by atoms with E-state index in [0.29, 0.717) is 11.8 Å². The van der Waals surface area contributed by atoms with Gasteiger partial charge in [0, 0.05) is 26.1 Å². The molecule has 2 fully saturated rings. The number of amides is 1. The number of benzene rings is 1. The Morgan fingerprint density at radius 2 is 1.95 bits per heavy atom. The van der Waals surface area contributed by atoms with Crippen molar-refractivity contribution in [1.82, 2.24) is 9.80 Å². The van der Waals surface area contributed by atoms with Gasteiger partial charge in [0.1, 0.15) is 5.75 Å². The molecular weight excluding hydrogens is 264 g/mol. The third kappa shape index (κ3) is 3.38. The van der Waals surface area contributed by atoms with E-state index < -0.39 is 0 Å². The molecule has 0 N–H and O–H groups in total. The van der Waals surface area contributed by atoms with Crippen LogP contribution in [0.3, 0.4) is 0 Å². The van der Waals surface area contributed by atoms with Gasteiger partial charge in [-0.15, -0.1) is 0 Å². The Bertz CT molecular complexity index is 496. The molecule has 1 atom stereocenters. The number of carbonyl (C=O) groups is 1. The number of hydrogen-bond acceptors (Lipinski definition) is 3. The molecule has 4 heteroatoms. The number of ether oxygens (including phenoxy) is 1. The second-order valence-corrected chi connectivity index (χ2v) is 6.26. The lowest BCUT2D eigenvalue weighted by Crippen LogP contribution is -2.49. The molecule has 1 aromatic carbocycles. The first-order valence-corrected chi connectivity index (χ1v) is 7.79. The molecule has 21 heavy (non-hydrogen) atoms. The van der Waals surface area contributed by atoms with E-state index in [4.69, 9.17) is 4.74 Å². The SMILES string of the molecule is COc1ccc([C@@H]2CN(C(=O)CC3CC3)CCN2C)cc1. The van der Waals surface area contributed by atoms with Crippen molar-refractivity contribution in [2.24, 2.45) is 5.92 Å². The summed E-state index contributed by atoms with van der Waals surface area (Å²) in [4.78, 5) is 16.7. The second kappa shape index (κ2) is 6.06. The van der Waals surface area contributed by atoms with Crippen LogP contribution in [-0.4, -0.2) is 49.5 Å². The van der Waals surface area contributed by atoms with Crippen LogP contribution in [0.5, 0.6) is 5.75 Å². The van der Waals surface area contributed by atoms with E-state index in [1.54, 1.807) is 7.11 Å². The number of methoxy groups -OCH3 is 1. The Balaban J connectivity index is 1.68. The summed E-state index contributed by atoms with van der Waals surface area (Å²) < 4.78 is 5.22. The Kier molecular flexibility index (Phi) is 4.15. The molecule has 1 heterocycles. The van der Waals surface area contributed by atoms with Gasteiger partial charge in [0.25, 0.3) is 0 Å². The van der Waals surface area contributed by atoms with Crippen LogP contribution < -0.4 is 4.74 Å². The fourth-order valence-corrected chi connectivity index (χ4v) is 2.98. The lowest BCUT2D eigenvalue weighted by molar-refractivity contribution is -0.134. The van der Waals surface area contributed by atoms with E-state index in [-0.39, 0.29) is 6.04 Å². The Morgan fingerprint density at radius 1 is 1.24 bits per heavy atom. The van der Waals surface area contributed by atoms with E-state index in [1.807, 2.05) is 17.0 Å². The minimum absolute atomic E-state index is 0.285. The predicted octanol–water partition coefficient (Wildman–Crippen LogP) is 2.31. The normalized spacial score (nSPS) is 23.1.